The zero-order valence-electron chi connectivity index (χ0n) is 11.1. The van der Waals surface area contributed by atoms with Crippen molar-refractivity contribution in [3.63, 3.8) is 0 Å². The van der Waals surface area contributed by atoms with Crippen molar-refractivity contribution in [2.45, 2.75) is 13.3 Å². The fraction of sp³-hybridized carbons (Fsp3) is 0.333. The molecule has 0 saturated carbocycles. The molecule has 0 aromatic carbocycles. The Kier molecular flexibility index (Phi) is 31.7. The maximum Gasteiger partial charge on any atom is 1.00 e. The SMILES string of the molecule is CC(=O)O.Cl.O=C1CC([O-])=NC([O-])=N1.[H-].[Na+].[Na+].[Na+]. The first-order valence-corrected chi connectivity index (χ1v) is 3.14. The third-order valence-electron chi connectivity index (χ3n) is 0.743. The van der Waals surface area contributed by atoms with Crippen LogP contribution in [0, 0.1) is 0 Å². The summed E-state index contributed by atoms with van der Waals surface area (Å²) in [6, 6.07) is -0.990. The minimum absolute atomic E-state index is 0. The van der Waals surface area contributed by atoms with Crippen LogP contribution in [-0.4, -0.2) is 28.9 Å². The molecule has 0 saturated heterocycles. The summed E-state index contributed by atoms with van der Waals surface area (Å²) in [5, 5.41) is 27.7. The molecule has 0 atom stereocenters. The predicted octanol–water partition coefficient (Wildman–Crippen LogP) is -11.0. The number of carbonyl (C=O) groups excluding carboxylic acids is 1. The molecule has 11 heteroatoms. The van der Waals surface area contributed by atoms with E-state index in [0.29, 0.717) is 0 Å². The number of rotatable bonds is 0. The zero-order valence-corrected chi connectivity index (χ0v) is 16.9. The average molecular weight is 293 g/mol. The van der Waals surface area contributed by atoms with Gasteiger partial charge in [0.25, 0.3) is 11.9 Å². The molecule has 82 valence electrons. The van der Waals surface area contributed by atoms with Gasteiger partial charge in [0.1, 0.15) is 0 Å². The number of halogens is 1. The number of hydrogen-bond donors (Lipinski definition) is 1. The van der Waals surface area contributed by atoms with E-state index < -0.39 is 23.8 Å². The van der Waals surface area contributed by atoms with E-state index in [0.717, 1.165) is 6.92 Å². The summed E-state index contributed by atoms with van der Waals surface area (Å²) >= 11 is 0. The van der Waals surface area contributed by atoms with Crippen molar-refractivity contribution >= 4 is 36.2 Å². The number of hydrogen-bond acceptors (Lipinski definition) is 5. The molecule has 0 aromatic heterocycles. The molecule has 0 bridgehead atoms. The number of carboxylic acids is 1. The van der Waals surface area contributed by atoms with E-state index in [1.807, 2.05) is 0 Å². The molecule has 1 N–H and O–H groups in total. The summed E-state index contributed by atoms with van der Waals surface area (Å²) in [5.41, 5.74) is 0. The van der Waals surface area contributed by atoms with E-state index in [4.69, 9.17) is 9.90 Å². The van der Waals surface area contributed by atoms with Gasteiger partial charge in [0, 0.05) is 6.92 Å². The first-order chi connectivity index (χ1) is 5.91. The smallest absolute Gasteiger partial charge is 1.00 e. The molecule has 1 rings (SSSR count). The van der Waals surface area contributed by atoms with Crippen molar-refractivity contribution in [2.24, 2.45) is 9.98 Å². The molecule has 0 aromatic rings. The summed E-state index contributed by atoms with van der Waals surface area (Å²) in [4.78, 5) is 25.0. The van der Waals surface area contributed by atoms with Crippen LogP contribution in [-0.2, 0) is 9.59 Å². The third-order valence-corrected chi connectivity index (χ3v) is 0.743. The zero-order chi connectivity index (χ0) is 10.4. The summed E-state index contributed by atoms with van der Waals surface area (Å²) in [6.45, 7) is 1.08. The molecule has 1 amide bonds. The monoisotopic (exact) mass is 292 g/mol. The maximum absolute atomic E-state index is 10.2. The summed E-state index contributed by atoms with van der Waals surface area (Å²) in [7, 11) is 0. The molecule has 0 radical (unpaired) electrons. The topological polar surface area (TPSA) is 125 Å². The van der Waals surface area contributed by atoms with Crippen molar-refractivity contribution < 1.29 is 115 Å². The molecule has 7 nitrogen and oxygen atoms in total. The molecule has 0 aliphatic carbocycles. The number of amidine groups is 1. The quantitative estimate of drug-likeness (QED) is 0.444. The summed E-state index contributed by atoms with van der Waals surface area (Å²) < 4.78 is 0. The van der Waals surface area contributed by atoms with Crippen LogP contribution in [0.15, 0.2) is 9.98 Å². The minimum atomic E-state index is -0.990. The number of aliphatic imine (C=N–C) groups is 2. The maximum atomic E-state index is 10.2. The minimum Gasteiger partial charge on any atom is -1.00 e. The number of carboxylic acid groups (broad SMARTS) is 1. The Balaban J connectivity index is -0.0000000364. The van der Waals surface area contributed by atoms with Crippen LogP contribution in [0.25, 0.3) is 0 Å². The second kappa shape index (κ2) is 17.4. The molecule has 0 fully saturated rings. The Hall–Kier alpha value is 1.37. The van der Waals surface area contributed by atoms with Gasteiger partial charge in [-0.15, -0.1) is 12.4 Å². The van der Waals surface area contributed by atoms with Crippen molar-refractivity contribution in [3.05, 3.63) is 0 Å². The molecule has 1 aliphatic heterocycles. The standard InChI is InChI=1S/C4H4N2O3.C2H4O2.ClH.3Na.H/c7-2-1-3(8)6-4(9)5-2;1-2(3)4;;;;;/h1H2,(H2,5,6,7,8,9);1H3,(H,3,4);1H;;;;/q;;;3*+1;-1/p-2. The van der Waals surface area contributed by atoms with Gasteiger partial charge in [-0.2, -0.15) is 0 Å². The molecule has 0 unspecified atom stereocenters. The number of aliphatic carboxylic acids is 1. The Morgan fingerprint density at radius 2 is 1.65 bits per heavy atom. The van der Waals surface area contributed by atoms with Gasteiger partial charge in [-0.25, -0.2) is 4.99 Å². The van der Waals surface area contributed by atoms with Gasteiger partial charge < -0.3 is 16.7 Å². The molecule has 0 spiro atoms. The van der Waals surface area contributed by atoms with Crippen LogP contribution in [0.1, 0.15) is 14.8 Å². The van der Waals surface area contributed by atoms with Gasteiger partial charge in [-0.1, -0.05) is 0 Å². The largest absolute Gasteiger partial charge is 1.00 e. The van der Waals surface area contributed by atoms with Gasteiger partial charge in [0.15, 0.2) is 0 Å². The van der Waals surface area contributed by atoms with Gasteiger partial charge in [-0.05, 0) is 5.90 Å². The van der Waals surface area contributed by atoms with Crippen LogP contribution in [0.5, 0.6) is 0 Å². The van der Waals surface area contributed by atoms with Gasteiger partial charge in [0.05, 0.1) is 12.4 Å². The van der Waals surface area contributed by atoms with E-state index in [2.05, 4.69) is 9.98 Å². The first kappa shape index (κ1) is 31.0. The van der Waals surface area contributed by atoms with Crippen molar-refractivity contribution in [3.8, 4) is 0 Å². The Labute approximate surface area is 172 Å². The van der Waals surface area contributed by atoms with Crippen LogP contribution in [0.4, 0.5) is 0 Å². The van der Waals surface area contributed by atoms with E-state index in [1.165, 1.54) is 0 Å². The predicted molar refractivity (Wildman–Crippen MR) is 46.2 cm³/mol. The summed E-state index contributed by atoms with van der Waals surface area (Å²) in [5.74, 6) is -2.25. The molecular weight excluding hydrogens is 284 g/mol. The Bertz CT molecular complexity index is 299. The second-order valence-electron chi connectivity index (χ2n) is 1.99. The molecule has 17 heavy (non-hydrogen) atoms. The van der Waals surface area contributed by atoms with E-state index in [1.54, 1.807) is 0 Å². The van der Waals surface area contributed by atoms with Crippen molar-refractivity contribution in [2.75, 3.05) is 0 Å². The Morgan fingerprint density at radius 1 is 1.29 bits per heavy atom. The van der Waals surface area contributed by atoms with Crippen LogP contribution in [0.3, 0.4) is 0 Å². The van der Waals surface area contributed by atoms with Gasteiger partial charge >= 0.3 is 88.7 Å². The fourth-order valence-electron chi connectivity index (χ4n) is 0.447. The molecular formula is C6H8ClN2Na3O5. The van der Waals surface area contributed by atoms with Gasteiger partial charge in [0.2, 0.25) is 0 Å². The van der Waals surface area contributed by atoms with E-state index >= 15 is 0 Å². The van der Waals surface area contributed by atoms with Crippen molar-refractivity contribution in [1.29, 1.82) is 0 Å². The van der Waals surface area contributed by atoms with Crippen LogP contribution in [0.2, 0.25) is 0 Å². The molecule has 1 aliphatic rings. The van der Waals surface area contributed by atoms with E-state index in [9.17, 15) is 15.0 Å². The van der Waals surface area contributed by atoms with Crippen molar-refractivity contribution in [1.82, 2.24) is 0 Å². The number of carbonyl (C=O) groups is 2. The average Bonchev–Trinajstić information content (AvgIpc) is 1.80. The van der Waals surface area contributed by atoms with Crippen LogP contribution < -0.4 is 98.9 Å². The second-order valence-corrected chi connectivity index (χ2v) is 1.99. The Morgan fingerprint density at radius 3 is 1.88 bits per heavy atom. The fourth-order valence-corrected chi connectivity index (χ4v) is 0.447. The third kappa shape index (κ3) is 23.0. The normalized spacial score (nSPS) is 11.5. The number of amides is 1. The number of nitrogens with zero attached hydrogens (tertiary/aromatic N) is 2. The summed E-state index contributed by atoms with van der Waals surface area (Å²) in [6.07, 6.45) is -0.369. The van der Waals surface area contributed by atoms with E-state index in [-0.39, 0.29) is 109 Å². The molecule has 1 heterocycles. The first-order valence-electron chi connectivity index (χ1n) is 3.14. The van der Waals surface area contributed by atoms with Crippen LogP contribution >= 0.6 is 12.4 Å². The van der Waals surface area contributed by atoms with Gasteiger partial charge in [-0.3, -0.25) is 14.6 Å².